The molecule has 1 saturated heterocycles. The summed E-state index contributed by atoms with van der Waals surface area (Å²) in [5.74, 6) is 0. The van der Waals surface area contributed by atoms with Crippen molar-refractivity contribution >= 4 is 11.7 Å². The van der Waals surface area contributed by atoms with Gasteiger partial charge in [-0.05, 0) is 46.8 Å². The molecular weight excluding hydrogens is 252 g/mol. The number of anilines is 1. The lowest BCUT2D eigenvalue weighted by Crippen LogP contribution is -2.69. The Hall–Kier alpha value is -1.55. The van der Waals surface area contributed by atoms with E-state index < -0.39 is 5.72 Å². The summed E-state index contributed by atoms with van der Waals surface area (Å²) < 4.78 is 0. The molecule has 20 heavy (non-hydrogen) atoms. The lowest BCUT2D eigenvalue weighted by Gasteiger charge is -2.55. The average Bonchev–Trinajstić information content (AvgIpc) is 2.25. The van der Waals surface area contributed by atoms with Gasteiger partial charge in [-0.15, -0.1) is 0 Å². The quantitative estimate of drug-likeness (QED) is 0.901. The monoisotopic (exact) mass is 276 g/mol. The van der Waals surface area contributed by atoms with Crippen LogP contribution < -0.4 is 4.90 Å². The van der Waals surface area contributed by atoms with Gasteiger partial charge in [0.25, 0.3) is 0 Å². The Morgan fingerprint density at radius 3 is 2.20 bits per heavy atom. The Morgan fingerprint density at radius 2 is 1.70 bits per heavy atom. The minimum atomic E-state index is -1.19. The first kappa shape index (κ1) is 14.9. The van der Waals surface area contributed by atoms with Crippen LogP contribution in [0.25, 0.3) is 0 Å². The Labute approximate surface area is 121 Å². The third-order valence-electron chi connectivity index (χ3n) is 3.83. The van der Waals surface area contributed by atoms with Crippen molar-refractivity contribution in [2.75, 3.05) is 4.90 Å². The van der Waals surface area contributed by atoms with Crippen molar-refractivity contribution in [3.05, 3.63) is 30.3 Å². The molecular formula is C16H24N2O2. The van der Waals surface area contributed by atoms with Crippen molar-refractivity contribution < 1.29 is 9.90 Å². The van der Waals surface area contributed by atoms with Gasteiger partial charge in [-0.3, -0.25) is 4.90 Å². The van der Waals surface area contributed by atoms with E-state index in [4.69, 9.17) is 0 Å². The highest BCUT2D eigenvalue weighted by Crippen LogP contribution is 2.39. The van der Waals surface area contributed by atoms with E-state index in [2.05, 4.69) is 0 Å². The Kier molecular flexibility index (Phi) is 3.54. The molecule has 4 heteroatoms. The van der Waals surface area contributed by atoms with Crippen molar-refractivity contribution in [3.63, 3.8) is 0 Å². The lowest BCUT2D eigenvalue weighted by molar-refractivity contribution is -0.0334. The van der Waals surface area contributed by atoms with Crippen molar-refractivity contribution in [1.29, 1.82) is 0 Å². The highest BCUT2D eigenvalue weighted by Gasteiger charge is 2.51. The summed E-state index contributed by atoms with van der Waals surface area (Å²) in [7, 11) is 0. The summed E-state index contributed by atoms with van der Waals surface area (Å²) in [6, 6.07) is 9.28. The predicted octanol–water partition coefficient (Wildman–Crippen LogP) is 3.21. The maximum atomic E-state index is 12.9. The zero-order valence-corrected chi connectivity index (χ0v) is 12.9. The van der Waals surface area contributed by atoms with Crippen LogP contribution in [0.3, 0.4) is 0 Å². The first-order valence-corrected chi connectivity index (χ1v) is 7.08. The SMILES string of the molecule is CC(C)N1C(=O)N(c2ccccc2)[C@@](C)(O)CC1(C)C. The van der Waals surface area contributed by atoms with E-state index in [1.165, 1.54) is 4.90 Å². The van der Waals surface area contributed by atoms with Crippen molar-refractivity contribution in [2.45, 2.75) is 58.3 Å². The molecule has 1 atom stereocenters. The standard InChI is InChI=1S/C16H24N2O2/c1-12(2)17-14(19)18(13-9-7-6-8-10-13)16(5,20)11-15(17,3)4/h6-10,12,20H,11H2,1-5H3/t16-/m0/s1. The number of nitrogens with zero attached hydrogens (tertiary/aromatic N) is 2. The van der Waals surface area contributed by atoms with E-state index in [1.54, 1.807) is 6.92 Å². The van der Waals surface area contributed by atoms with Gasteiger partial charge >= 0.3 is 6.03 Å². The summed E-state index contributed by atoms with van der Waals surface area (Å²) in [5, 5.41) is 10.8. The van der Waals surface area contributed by atoms with Gasteiger partial charge in [0.2, 0.25) is 0 Å². The molecule has 0 radical (unpaired) electrons. The molecule has 0 bridgehead atoms. The molecule has 2 amide bonds. The van der Waals surface area contributed by atoms with E-state index in [1.807, 2.05) is 62.9 Å². The van der Waals surface area contributed by atoms with Crippen molar-refractivity contribution in [3.8, 4) is 0 Å². The number of urea groups is 1. The second kappa shape index (κ2) is 4.77. The average molecular weight is 276 g/mol. The van der Waals surface area contributed by atoms with Crippen molar-refractivity contribution in [1.82, 2.24) is 4.90 Å². The highest BCUT2D eigenvalue weighted by molar-refractivity contribution is 5.94. The minimum absolute atomic E-state index is 0.0832. The van der Waals surface area contributed by atoms with Gasteiger partial charge in [-0.1, -0.05) is 18.2 Å². The van der Waals surface area contributed by atoms with Gasteiger partial charge in [-0.2, -0.15) is 0 Å². The number of carbonyl (C=O) groups excluding carboxylic acids is 1. The smallest absolute Gasteiger partial charge is 0.327 e. The molecule has 0 saturated carbocycles. The number of para-hydroxylation sites is 1. The summed E-state index contributed by atoms with van der Waals surface area (Å²) >= 11 is 0. The van der Waals surface area contributed by atoms with E-state index in [9.17, 15) is 9.90 Å². The number of rotatable bonds is 2. The second-order valence-electron chi connectivity index (χ2n) is 6.62. The normalized spacial score (nSPS) is 26.2. The summed E-state index contributed by atoms with van der Waals surface area (Å²) in [4.78, 5) is 16.2. The molecule has 1 aliphatic heterocycles. The minimum Gasteiger partial charge on any atom is -0.371 e. The fourth-order valence-electron chi connectivity index (χ4n) is 3.44. The van der Waals surface area contributed by atoms with Crippen LogP contribution in [0.5, 0.6) is 0 Å². The van der Waals surface area contributed by atoms with E-state index in [0.717, 1.165) is 5.69 Å². The van der Waals surface area contributed by atoms with Crippen LogP contribution in [0.15, 0.2) is 30.3 Å². The lowest BCUT2D eigenvalue weighted by atomic mass is 9.86. The van der Waals surface area contributed by atoms with E-state index >= 15 is 0 Å². The Balaban J connectivity index is 2.49. The predicted molar refractivity (Wildman–Crippen MR) is 80.6 cm³/mol. The van der Waals surface area contributed by atoms with Gasteiger partial charge in [0.1, 0.15) is 5.72 Å². The first-order chi connectivity index (χ1) is 9.17. The molecule has 110 valence electrons. The fourth-order valence-corrected chi connectivity index (χ4v) is 3.44. The zero-order chi connectivity index (χ0) is 15.1. The maximum Gasteiger partial charge on any atom is 0.327 e. The van der Waals surface area contributed by atoms with Crippen LogP contribution in [0.2, 0.25) is 0 Å². The first-order valence-electron chi connectivity index (χ1n) is 7.08. The number of hydrogen-bond donors (Lipinski definition) is 1. The molecule has 4 nitrogen and oxygen atoms in total. The molecule has 1 heterocycles. The van der Waals surface area contributed by atoms with E-state index in [-0.39, 0.29) is 17.6 Å². The largest absolute Gasteiger partial charge is 0.371 e. The molecule has 0 unspecified atom stereocenters. The summed E-state index contributed by atoms with van der Waals surface area (Å²) in [5.41, 5.74) is -0.837. The number of carbonyl (C=O) groups is 1. The highest BCUT2D eigenvalue weighted by atomic mass is 16.3. The van der Waals surface area contributed by atoms with Gasteiger partial charge < -0.3 is 10.0 Å². The van der Waals surface area contributed by atoms with Crippen molar-refractivity contribution in [2.24, 2.45) is 0 Å². The number of aliphatic hydroxyl groups is 1. The van der Waals surface area contributed by atoms with Crippen LogP contribution in [-0.2, 0) is 0 Å². The molecule has 1 aliphatic rings. The molecule has 1 aromatic rings. The molecule has 2 rings (SSSR count). The summed E-state index contributed by atoms with van der Waals surface area (Å²) in [6.07, 6.45) is 0.499. The van der Waals surface area contributed by atoms with Gasteiger partial charge in [0.05, 0.1) is 0 Å². The van der Waals surface area contributed by atoms with Gasteiger partial charge in [0.15, 0.2) is 0 Å². The number of benzene rings is 1. The summed E-state index contributed by atoms with van der Waals surface area (Å²) in [6.45, 7) is 9.71. The topological polar surface area (TPSA) is 43.8 Å². The van der Waals surface area contributed by atoms with Gasteiger partial charge in [0, 0.05) is 23.7 Å². The molecule has 1 aromatic carbocycles. The van der Waals surface area contributed by atoms with Crippen LogP contribution in [-0.4, -0.2) is 33.3 Å². The van der Waals surface area contributed by atoms with Crippen LogP contribution >= 0.6 is 0 Å². The third-order valence-corrected chi connectivity index (χ3v) is 3.83. The van der Waals surface area contributed by atoms with Crippen LogP contribution in [0.1, 0.15) is 41.0 Å². The van der Waals surface area contributed by atoms with Gasteiger partial charge in [-0.25, -0.2) is 4.79 Å². The molecule has 1 N–H and O–H groups in total. The molecule has 0 spiro atoms. The fraction of sp³-hybridized carbons (Fsp3) is 0.562. The van der Waals surface area contributed by atoms with Crippen LogP contribution in [0, 0.1) is 0 Å². The molecule has 0 aromatic heterocycles. The zero-order valence-electron chi connectivity index (χ0n) is 12.9. The molecule has 1 fully saturated rings. The maximum absolute atomic E-state index is 12.9. The van der Waals surface area contributed by atoms with Crippen LogP contribution in [0.4, 0.5) is 10.5 Å². The Bertz CT molecular complexity index is 494. The Morgan fingerprint density at radius 1 is 1.15 bits per heavy atom. The van der Waals surface area contributed by atoms with E-state index in [0.29, 0.717) is 6.42 Å². The number of amides is 2. The second-order valence-corrected chi connectivity index (χ2v) is 6.62. The molecule has 0 aliphatic carbocycles. The number of hydrogen-bond acceptors (Lipinski definition) is 2. The third kappa shape index (κ3) is 2.40.